The van der Waals surface area contributed by atoms with Crippen molar-refractivity contribution in [2.75, 3.05) is 39.4 Å². The van der Waals surface area contributed by atoms with Gasteiger partial charge < -0.3 is 9.84 Å². The second-order valence-electron chi connectivity index (χ2n) is 5.75. The highest BCUT2D eigenvalue weighted by Gasteiger charge is 2.10. The maximum Gasteiger partial charge on any atom is 0.258 e. The van der Waals surface area contributed by atoms with Gasteiger partial charge in [0.1, 0.15) is 0 Å². The van der Waals surface area contributed by atoms with E-state index in [9.17, 15) is 9.90 Å². The van der Waals surface area contributed by atoms with Crippen LogP contribution in [0.25, 0.3) is 10.8 Å². The first kappa shape index (κ1) is 17.1. The summed E-state index contributed by atoms with van der Waals surface area (Å²) in [6.07, 6.45) is 2.58. The highest BCUT2D eigenvalue weighted by Crippen LogP contribution is 2.24. The number of H-pyrrole nitrogens is 1. The molecule has 0 radical (unpaired) electrons. The minimum Gasteiger partial charge on any atom is -0.494 e. The zero-order valence-corrected chi connectivity index (χ0v) is 14.9. The highest BCUT2D eigenvalue weighted by molar-refractivity contribution is 9.10. The molecular formula is C17H20BrN3O3. The summed E-state index contributed by atoms with van der Waals surface area (Å²) < 4.78 is 6.18. The molecule has 1 fully saturated rings. The molecule has 1 saturated heterocycles. The Balaban J connectivity index is 1.70. The fourth-order valence-electron chi connectivity index (χ4n) is 2.80. The van der Waals surface area contributed by atoms with Crippen molar-refractivity contribution in [1.82, 2.24) is 9.88 Å². The highest BCUT2D eigenvalue weighted by atomic mass is 79.9. The zero-order valence-electron chi connectivity index (χ0n) is 13.3. The van der Waals surface area contributed by atoms with E-state index in [1.165, 1.54) is 0 Å². The van der Waals surface area contributed by atoms with Gasteiger partial charge in [0.2, 0.25) is 5.88 Å². The lowest BCUT2D eigenvalue weighted by Gasteiger charge is -2.26. The van der Waals surface area contributed by atoms with E-state index in [0.29, 0.717) is 22.9 Å². The number of hydrogen-bond donors (Lipinski definition) is 2. The molecule has 6 nitrogen and oxygen atoms in total. The van der Waals surface area contributed by atoms with Gasteiger partial charge in [0, 0.05) is 47.6 Å². The Morgan fingerprint density at radius 3 is 2.92 bits per heavy atom. The van der Waals surface area contributed by atoms with Crippen molar-refractivity contribution in [2.45, 2.75) is 6.42 Å². The van der Waals surface area contributed by atoms with E-state index in [4.69, 9.17) is 4.74 Å². The predicted molar refractivity (Wildman–Crippen MR) is 98.3 cm³/mol. The van der Waals surface area contributed by atoms with Crippen LogP contribution in [-0.2, 0) is 4.74 Å². The van der Waals surface area contributed by atoms with Gasteiger partial charge in [0.05, 0.1) is 18.8 Å². The molecule has 7 heteroatoms. The third kappa shape index (κ3) is 4.03. The van der Waals surface area contributed by atoms with Crippen LogP contribution in [0.4, 0.5) is 0 Å². The van der Waals surface area contributed by atoms with Crippen LogP contribution in [0, 0.1) is 0 Å². The summed E-state index contributed by atoms with van der Waals surface area (Å²) in [5, 5.41) is 11.3. The first-order valence-electron chi connectivity index (χ1n) is 7.99. The number of halogens is 1. The molecular weight excluding hydrogens is 374 g/mol. The second kappa shape index (κ2) is 7.92. The molecule has 24 heavy (non-hydrogen) atoms. The molecule has 2 N–H and O–H groups in total. The lowest BCUT2D eigenvalue weighted by molar-refractivity contribution is 0.0377. The SMILES string of the molecule is O=c1[nH]c(O)c(C=NCCCN2CCOCC2)c2cc(Br)ccc12. The van der Waals surface area contributed by atoms with Crippen LogP contribution in [0.3, 0.4) is 0 Å². The van der Waals surface area contributed by atoms with Gasteiger partial charge >= 0.3 is 0 Å². The van der Waals surface area contributed by atoms with Crippen LogP contribution >= 0.6 is 15.9 Å². The molecule has 128 valence electrons. The average Bonchev–Trinajstić information content (AvgIpc) is 2.58. The number of aliphatic imine (C=N–C) groups is 1. The minimum absolute atomic E-state index is 0.150. The fraction of sp³-hybridized carbons (Fsp3) is 0.412. The van der Waals surface area contributed by atoms with E-state index in [1.807, 2.05) is 6.07 Å². The number of nitrogens with zero attached hydrogens (tertiary/aromatic N) is 2. The number of aromatic amines is 1. The Bertz CT molecular complexity index is 798. The van der Waals surface area contributed by atoms with Crippen molar-refractivity contribution in [3.05, 3.63) is 38.6 Å². The van der Waals surface area contributed by atoms with Crippen molar-refractivity contribution >= 4 is 32.9 Å². The molecule has 2 aromatic rings. The molecule has 1 aromatic carbocycles. The minimum atomic E-state index is -0.306. The van der Waals surface area contributed by atoms with Crippen LogP contribution in [-0.4, -0.2) is 60.6 Å². The molecule has 0 aliphatic carbocycles. The molecule has 0 saturated carbocycles. The smallest absolute Gasteiger partial charge is 0.258 e. The fourth-order valence-corrected chi connectivity index (χ4v) is 3.17. The summed E-state index contributed by atoms with van der Waals surface area (Å²) >= 11 is 3.40. The summed E-state index contributed by atoms with van der Waals surface area (Å²) in [6, 6.07) is 5.35. The monoisotopic (exact) mass is 393 g/mol. The van der Waals surface area contributed by atoms with Crippen molar-refractivity contribution in [2.24, 2.45) is 4.99 Å². The van der Waals surface area contributed by atoms with Gasteiger partial charge in [-0.25, -0.2) is 0 Å². The summed E-state index contributed by atoms with van der Waals surface area (Å²) in [7, 11) is 0. The summed E-state index contributed by atoms with van der Waals surface area (Å²) in [5.74, 6) is -0.150. The summed E-state index contributed by atoms with van der Waals surface area (Å²) in [5.41, 5.74) is 0.233. The Kier molecular flexibility index (Phi) is 5.65. The number of fused-ring (bicyclic) bond motifs is 1. The lowest BCUT2D eigenvalue weighted by atomic mass is 10.1. The van der Waals surface area contributed by atoms with Gasteiger partial charge in [0.25, 0.3) is 5.56 Å². The molecule has 1 aromatic heterocycles. The Morgan fingerprint density at radius 1 is 1.33 bits per heavy atom. The molecule has 0 amide bonds. The number of nitrogens with one attached hydrogen (secondary N) is 1. The standard InChI is InChI=1S/C17H20BrN3O3/c18-12-2-3-13-14(10-12)15(17(23)20-16(13)22)11-19-4-1-5-21-6-8-24-9-7-21/h2-3,10-11H,1,4-9H2,(H2,20,22,23). The van der Waals surface area contributed by atoms with Gasteiger partial charge in [-0.1, -0.05) is 15.9 Å². The van der Waals surface area contributed by atoms with E-state index >= 15 is 0 Å². The van der Waals surface area contributed by atoms with E-state index in [1.54, 1.807) is 18.3 Å². The Labute approximate surface area is 148 Å². The topological polar surface area (TPSA) is 77.9 Å². The molecule has 3 rings (SSSR count). The molecule has 0 atom stereocenters. The normalized spacial score (nSPS) is 16.2. The number of morpholine rings is 1. The van der Waals surface area contributed by atoms with Gasteiger partial charge in [-0.3, -0.25) is 19.7 Å². The summed E-state index contributed by atoms with van der Waals surface area (Å²) in [4.78, 5) is 21.2. The summed E-state index contributed by atoms with van der Waals surface area (Å²) in [6.45, 7) is 5.22. The largest absolute Gasteiger partial charge is 0.494 e. The number of aromatic hydroxyl groups is 1. The average molecular weight is 394 g/mol. The Morgan fingerprint density at radius 2 is 2.12 bits per heavy atom. The van der Waals surface area contributed by atoms with Gasteiger partial charge in [0.15, 0.2) is 0 Å². The Hall–Kier alpha value is -1.70. The third-order valence-corrected chi connectivity index (χ3v) is 4.58. The zero-order chi connectivity index (χ0) is 16.9. The van der Waals surface area contributed by atoms with Crippen molar-refractivity contribution in [3.63, 3.8) is 0 Å². The number of hydrogen-bond acceptors (Lipinski definition) is 5. The predicted octanol–water partition coefficient (Wildman–Crippen LogP) is 2.14. The first-order chi connectivity index (χ1) is 11.6. The van der Waals surface area contributed by atoms with E-state index in [-0.39, 0.29) is 11.4 Å². The number of benzene rings is 1. The first-order valence-corrected chi connectivity index (χ1v) is 8.79. The van der Waals surface area contributed by atoms with E-state index < -0.39 is 0 Å². The van der Waals surface area contributed by atoms with Gasteiger partial charge in [-0.2, -0.15) is 0 Å². The number of aromatic nitrogens is 1. The van der Waals surface area contributed by atoms with Crippen LogP contribution < -0.4 is 5.56 Å². The number of rotatable bonds is 5. The maximum absolute atomic E-state index is 11.9. The van der Waals surface area contributed by atoms with E-state index in [2.05, 4.69) is 30.8 Å². The van der Waals surface area contributed by atoms with Gasteiger partial charge in [-0.05, 0) is 24.6 Å². The van der Waals surface area contributed by atoms with Crippen LogP contribution in [0.5, 0.6) is 5.88 Å². The molecule has 0 unspecified atom stereocenters. The maximum atomic E-state index is 11.9. The number of pyridine rings is 1. The van der Waals surface area contributed by atoms with Crippen LogP contribution in [0.1, 0.15) is 12.0 Å². The van der Waals surface area contributed by atoms with Crippen LogP contribution in [0.2, 0.25) is 0 Å². The molecule has 2 heterocycles. The van der Waals surface area contributed by atoms with Crippen molar-refractivity contribution in [1.29, 1.82) is 0 Å². The van der Waals surface area contributed by atoms with Crippen molar-refractivity contribution in [3.8, 4) is 5.88 Å². The number of ether oxygens (including phenoxy) is 1. The second-order valence-corrected chi connectivity index (χ2v) is 6.66. The van der Waals surface area contributed by atoms with Crippen LogP contribution in [0.15, 0.2) is 32.5 Å². The van der Waals surface area contributed by atoms with Crippen molar-refractivity contribution < 1.29 is 9.84 Å². The molecule has 1 aliphatic heterocycles. The molecule has 0 spiro atoms. The third-order valence-electron chi connectivity index (χ3n) is 4.09. The lowest BCUT2D eigenvalue weighted by Crippen LogP contribution is -2.37. The molecule has 0 bridgehead atoms. The van der Waals surface area contributed by atoms with Gasteiger partial charge in [-0.15, -0.1) is 0 Å². The molecule has 1 aliphatic rings. The quantitative estimate of drug-likeness (QED) is 0.602. The van der Waals surface area contributed by atoms with E-state index in [0.717, 1.165) is 43.7 Å².